The lowest BCUT2D eigenvalue weighted by molar-refractivity contribution is 0.502. The second-order valence-corrected chi connectivity index (χ2v) is 6.55. The van der Waals surface area contributed by atoms with Crippen molar-refractivity contribution in [1.29, 1.82) is 0 Å². The van der Waals surface area contributed by atoms with Crippen molar-refractivity contribution in [2.45, 2.75) is 18.9 Å². The van der Waals surface area contributed by atoms with Crippen molar-refractivity contribution < 1.29 is 4.42 Å². The Morgan fingerprint density at radius 2 is 2.09 bits per heavy atom. The zero-order chi connectivity index (χ0) is 16.1. The summed E-state index contributed by atoms with van der Waals surface area (Å²) in [5.41, 5.74) is 13.7. The number of hydrogen-bond acceptors (Lipinski definition) is 6. The van der Waals surface area contributed by atoms with E-state index >= 15 is 0 Å². The van der Waals surface area contributed by atoms with Gasteiger partial charge in [-0.1, -0.05) is 23.2 Å². The summed E-state index contributed by atoms with van der Waals surface area (Å²) in [6, 6.07) is 3.58. The highest BCUT2D eigenvalue weighted by Crippen LogP contribution is 2.40. The molecule has 1 aliphatic rings. The molecule has 4 rings (SSSR count). The van der Waals surface area contributed by atoms with Crippen molar-refractivity contribution in [2.75, 3.05) is 23.7 Å². The summed E-state index contributed by atoms with van der Waals surface area (Å²) in [6.07, 6.45) is 2.00. The molecular formula is C15H15Cl2N5O. The van der Waals surface area contributed by atoms with Crippen LogP contribution >= 0.6 is 23.2 Å². The summed E-state index contributed by atoms with van der Waals surface area (Å²) in [4.78, 5) is 10.8. The fourth-order valence-corrected chi connectivity index (χ4v) is 3.49. The first-order valence-electron chi connectivity index (χ1n) is 7.39. The molecule has 1 saturated heterocycles. The van der Waals surface area contributed by atoms with Crippen molar-refractivity contribution in [3.05, 3.63) is 22.2 Å². The third kappa shape index (κ3) is 2.38. The molecule has 0 radical (unpaired) electrons. The van der Waals surface area contributed by atoms with Crippen LogP contribution in [0.5, 0.6) is 0 Å². The molecule has 0 aliphatic carbocycles. The van der Waals surface area contributed by atoms with E-state index in [2.05, 4.69) is 14.9 Å². The third-order valence-corrected chi connectivity index (χ3v) is 4.93. The number of hydrogen-bond donors (Lipinski definition) is 2. The molecule has 6 nitrogen and oxygen atoms in total. The second-order valence-electron chi connectivity index (χ2n) is 5.77. The predicted octanol–water partition coefficient (Wildman–Crippen LogP) is 3.19. The maximum Gasteiger partial charge on any atom is 0.222 e. The second kappa shape index (κ2) is 5.40. The minimum Gasteiger partial charge on any atom is -0.450 e. The number of aromatic nitrogens is 2. The minimum absolute atomic E-state index is 0.109. The highest BCUT2D eigenvalue weighted by molar-refractivity contribution is 6.46. The van der Waals surface area contributed by atoms with Crippen LogP contribution in [0.15, 0.2) is 16.5 Å². The minimum atomic E-state index is 0.109. The van der Waals surface area contributed by atoms with Crippen LogP contribution in [0.4, 0.5) is 11.8 Å². The Hall–Kier alpha value is -1.76. The van der Waals surface area contributed by atoms with Crippen LogP contribution in [0, 0.1) is 0 Å². The van der Waals surface area contributed by atoms with Crippen molar-refractivity contribution in [2.24, 2.45) is 5.73 Å². The highest BCUT2D eigenvalue weighted by atomic mass is 35.5. The molecule has 0 amide bonds. The topological polar surface area (TPSA) is 94.2 Å². The van der Waals surface area contributed by atoms with E-state index in [0.29, 0.717) is 44.5 Å². The summed E-state index contributed by atoms with van der Waals surface area (Å²) in [7, 11) is 0. The lowest BCUT2D eigenvalue weighted by Gasteiger charge is -2.31. The first kappa shape index (κ1) is 14.8. The first-order chi connectivity index (χ1) is 11.0. The Balaban J connectivity index is 2.00. The van der Waals surface area contributed by atoms with Gasteiger partial charge in [-0.15, -0.1) is 0 Å². The quantitative estimate of drug-likeness (QED) is 0.699. The molecule has 4 N–H and O–H groups in total. The molecule has 3 heterocycles. The molecule has 120 valence electrons. The Bertz CT molecular complexity index is 910. The van der Waals surface area contributed by atoms with Gasteiger partial charge in [0.25, 0.3) is 0 Å². The Labute approximate surface area is 142 Å². The number of fused-ring (bicyclic) bond motifs is 3. The van der Waals surface area contributed by atoms with Gasteiger partial charge >= 0.3 is 0 Å². The molecule has 8 heteroatoms. The number of nitrogens with two attached hydrogens (primary N) is 2. The van der Waals surface area contributed by atoms with Gasteiger partial charge in [0.15, 0.2) is 11.4 Å². The first-order valence-corrected chi connectivity index (χ1v) is 8.14. The van der Waals surface area contributed by atoms with Crippen molar-refractivity contribution >= 4 is 57.0 Å². The number of piperidine rings is 1. The van der Waals surface area contributed by atoms with Gasteiger partial charge in [0.05, 0.1) is 15.4 Å². The Kier molecular flexibility index (Phi) is 3.48. The van der Waals surface area contributed by atoms with Gasteiger partial charge in [-0.2, -0.15) is 4.98 Å². The van der Waals surface area contributed by atoms with E-state index in [1.807, 2.05) is 0 Å². The standard InChI is InChI=1S/C15H15Cl2N5O/c16-8-3-4-9-10(11(8)17)12-13(23-9)14(21-15(19)20-12)22-5-1-2-7(18)6-22/h3-4,7H,1-2,5-6,18H2,(H2,19,20,21)/t7-/m0/s1. The lowest BCUT2D eigenvalue weighted by atomic mass is 10.1. The molecule has 3 aromatic rings. The van der Waals surface area contributed by atoms with E-state index in [4.69, 9.17) is 39.1 Å². The Morgan fingerprint density at radius 1 is 1.26 bits per heavy atom. The average molecular weight is 352 g/mol. The Morgan fingerprint density at radius 3 is 2.87 bits per heavy atom. The van der Waals surface area contributed by atoms with Crippen LogP contribution in [0.1, 0.15) is 12.8 Å². The largest absolute Gasteiger partial charge is 0.450 e. The summed E-state index contributed by atoms with van der Waals surface area (Å²) >= 11 is 12.5. The molecular weight excluding hydrogens is 337 g/mol. The number of nitrogen functional groups attached to an aromatic ring is 1. The van der Waals surface area contributed by atoms with E-state index in [1.165, 1.54) is 0 Å². The van der Waals surface area contributed by atoms with Gasteiger partial charge in [-0.25, -0.2) is 4.98 Å². The SMILES string of the molecule is Nc1nc(N2CCC[C@H](N)C2)c2oc3ccc(Cl)c(Cl)c3c2n1. The van der Waals surface area contributed by atoms with Gasteiger partial charge < -0.3 is 20.8 Å². The normalized spacial score (nSPS) is 18.9. The smallest absolute Gasteiger partial charge is 0.222 e. The van der Waals surface area contributed by atoms with Gasteiger partial charge in [0.1, 0.15) is 11.1 Å². The van der Waals surface area contributed by atoms with E-state index in [0.717, 1.165) is 19.4 Å². The van der Waals surface area contributed by atoms with Crippen LogP contribution in [-0.2, 0) is 0 Å². The molecule has 23 heavy (non-hydrogen) atoms. The lowest BCUT2D eigenvalue weighted by Crippen LogP contribution is -2.43. The maximum absolute atomic E-state index is 6.33. The molecule has 1 aliphatic heterocycles. The fraction of sp³-hybridized carbons (Fsp3) is 0.333. The number of rotatable bonds is 1. The average Bonchev–Trinajstić information content (AvgIpc) is 2.89. The molecule has 0 unspecified atom stereocenters. The van der Waals surface area contributed by atoms with Gasteiger partial charge in [-0.3, -0.25) is 0 Å². The van der Waals surface area contributed by atoms with Crippen LogP contribution in [0.3, 0.4) is 0 Å². The predicted molar refractivity (Wildman–Crippen MR) is 93.2 cm³/mol. The molecule has 0 spiro atoms. The van der Waals surface area contributed by atoms with Crippen molar-refractivity contribution in [1.82, 2.24) is 9.97 Å². The molecule has 1 fully saturated rings. The van der Waals surface area contributed by atoms with Gasteiger partial charge in [-0.05, 0) is 25.0 Å². The van der Waals surface area contributed by atoms with Crippen LogP contribution in [0.2, 0.25) is 10.0 Å². The van der Waals surface area contributed by atoms with E-state index < -0.39 is 0 Å². The summed E-state index contributed by atoms with van der Waals surface area (Å²) in [5.74, 6) is 0.830. The fourth-order valence-electron chi connectivity index (χ4n) is 3.08. The number of anilines is 2. The van der Waals surface area contributed by atoms with Crippen molar-refractivity contribution in [3.8, 4) is 0 Å². The monoisotopic (exact) mass is 351 g/mol. The summed E-state index contributed by atoms with van der Waals surface area (Å²) in [5, 5.41) is 1.51. The van der Waals surface area contributed by atoms with Crippen molar-refractivity contribution in [3.63, 3.8) is 0 Å². The number of nitrogens with zero attached hydrogens (tertiary/aromatic N) is 3. The zero-order valence-electron chi connectivity index (χ0n) is 12.2. The molecule has 0 bridgehead atoms. The van der Waals surface area contributed by atoms with Crippen LogP contribution in [-0.4, -0.2) is 29.1 Å². The van der Waals surface area contributed by atoms with E-state index in [9.17, 15) is 0 Å². The molecule has 2 aromatic heterocycles. The molecule has 1 aromatic carbocycles. The van der Waals surface area contributed by atoms with Gasteiger partial charge in [0, 0.05) is 19.1 Å². The third-order valence-electron chi connectivity index (χ3n) is 4.13. The summed E-state index contributed by atoms with van der Waals surface area (Å²) < 4.78 is 5.96. The molecule has 0 saturated carbocycles. The van der Waals surface area contributed by atoms with Crippen LogP contribution < -0.4 is 16.4 Å². The van der Waals surface area contributed by atoms with Gasteiger partial charge in [0.2, 0.25) is 5.95 Å². The van der Waals surface area contributed by atoms with Crippen LogP contribution in [0.25, 0.3) is 22.1 Å². The highest BCUT2D eigenvalue weighted by Gasteiger charge is 2.25. The number of benzene rings is 1. The van der Waals surface area contributed by atoms with E-state index in [-0.39, 0.29) is 12.0 Å². The summed E-state index contributed by atoms with van der Waals surface area (Å²) in [6.45, 7) is 1.56. The zero-order valence-corrected chi connectivity index (χ0v) is 13.7. The maximum atomic E-state index is 6.33. The number of halogens is 2. The molecule has 1 atom stereocenters. The van der Waals surface area contributed by atoms with E-state index in [1.54, 1.807) is 12.1 Å². The number of furan rings is 1.